The second kappa shape index (κ2) is 12.7. The number of urea groups is 1. The molecular formula is C25H34N8O6S. The predicted molar refractivity (Wildman–Crippen MR) is 150 cm³/mol. The summed E-state index contributed by atoms with van der Waals surface area (Å²) in [6, 6.07) is 5.94. The van der Waals surface area contributed by atoms with E-state index in [1.165, 1.54) is 17.2 Å². The van der Waals surface area contributed by atoms with Crippen molar-refractivity contribution in [3.05, 3.63) is 36.9 Å². The minimum absolute atomic E-state index is 0.0734. The lowest BCUT2D eigenvalue weighted by atomic mass is 10.1. The summed E-state index contributed by atoms with van der Waals surface area (Å²) in [6.07, 6.45) is 0.122. The number of carbonyl (C=O) groups excluding carboxylic acids is 2. The van der Waals surface area contributed by atoms with Crippen molar-refractivity contribution in [2.24, 2.45) is 0 Å². The first kappa shape index (κ1) is 29.4. The normalized spacial score (nSPS) is 22.1. The van der Waals surface area contributed by atoms with E-state index >= 15 is 0 Å². The van der Waals surface area contributed by atoms with Crippen LogP contribution in [0.1, 0.15) is 39.3 Å². The maximum atomic E-state index is 13.0. The number of unbranched alkanes of at least 4 members (excludes halogenated alkanes) is 2. The summed E-state index contributed by atoms with van der Waals surface area (Å²) >= 11 is 0. The highest BCUT2D eigenvalue weighted by Crippen LogP contribution is 2.32. The van der Waals surface area contributed by atoms with Crippen LogP contribution in [0.3, 0.4) is 0 Å². The third-order valence-electron chi connectivity index (χ3n) is 6.30. The Labute approximate surface area is 231 Å². The van der Waals surface area contributed by atoms with Gasteiger partial charge in [-0.1, -0.05) is 25.8 Å². The van der Waals surface area contributed by atoms with E-state index < -0.39 is 46.2 Å². The van der Waals surface area contributed by atoms with Crippen molar-refractivity contribution in [1.29, 1.82) is 0 Å². The Hall–Kier alpha value is -3.63. The third-order valence-corrected chi connectivity index (χ3v) is 7.99. The van der Waals surface area contributed by atoms with Crippen molar-refractivity contribution in [2.45, 2.75) is 62.5 Å². The highest BCUT2D eigenvalue weighted by atomic mass is 32.2. The van der Waals surface area contributed by atoms with Crippen molar-refractivity contribution >= 4 is 50.2 Å². The number of imidazole rings is 1. The fourth-order valence-corrected chi connectivity index (χ4v) is 5.51. The zero-order chi connectivity index (χ0) is 28.9. The molecule has 216 valence electrons. The van der Waals surface area contributed by atoms with Crippen LogP contribution >= 0.6 is 0 Å². The van der Waals surface area contributed by atoms with Crippen LogP contribution in [-0.2, 0) is 19.2 Å². The molecule has 1 fully saturated rings. The second-order valence-corrected chi connectivity index (χ2v) is 11.4. The molecule has 1 aliphatic rings. The molecule has 14 nitrogen and oxygen atoms in total. The smallest absolute Gasteiger partial charge is 0.324 e. The molecular weight excluding hydrogens is 540 g/mol. The molecule has 3 heterocycles. The molecule has 15 heteroatoms. The number of nitrogens with one attached hydrogen (secondary N) is 4. The van der Waals surface area contributed by atoms with Crippen molar-refractivity contribution in [3.63, 3.8) is 0 Å². The maximum Gasteiger partial charge on any atom is 0.324 e. The molecule has 0 aliphatic carbocycles. The highest BCUT2D eigenvalue weighted by Gasteiger charge is 2.47. The number of nitrogens with zero attached hydrogens (tertiary/aromatic N) is 4. The summed E-state index contributed by atoms with van der Waals surface area (Å²) in [4.78, 5) is 38.0. The van der Waals surface area contributed by atoms with Crippen molar-refractivity contribution in [3.8, 4) is 0 Å². The monoisotopic (exact) mass is 574 g/mol. The molecule has 40 heavy (non-hydrogen) atoms. The van der Waals surface area contributed by atoms with Crippen LogP contribution in [0.15, 0.2) is 41.8 Å². The van der Waals surface area contributed by atoms with Crippen LogP contribution in [0.4, 0.5) is 16.3 Å². The molecule has 3 amide bonds. The Balaban J connectivity index is 1.47. The second-order valence-electron chi connectivity index (χ2n) is 9.25. The van der Waals surface area contributed by atoms with Crippen LogP contribution in [0, 0.1) is 0 Å². The lowest BCUT2D eigenvalue weighted by Gasteiger charge is -2.16. The number of rotatable bonds is 11. The molecule has 0 saturated carbocycles. The van der Waals surface area contributed by atoms with E-state index in [1.807, 2.05) is 0 Å². The van der Waals surface area contributed by atoms with Gasteiger partial charge in [-0.15, -0.1) is 0 Å². The SMILES string of the molecule is C=S(=O)(NCCCCC)c1cccc(NC(=O)Nc2ncnc3c2ncn3[C@@H]2O[C@H](C(=O)NCC)C(O)C2O)c1. The molecule has 0 bridgehead atoms. The Morgan fingerprint density at radius 1 is 1.12 bits per heavy atom. The van der Waals surface area contributed by atoms with Gasteiger partial charge in [-0.2, -0.15) is 0 Å². The van der Waals surface area contributed by atoms with E-state index in [2.05, 4.69) is 48.4 Å². The minimum atomic E-state index is -2.74. The number of carbonyl (C=O) groups is 2. The number of aliphatic hydroxyl groups excluding tert-OH is 2. The minimum Gasteiger partial charge on any atom is -0.387 e. The molecule has 1 aromatic carbocycles. The van der Waals surface area contributed by atoms with E-state index in [9.17, 15) is 24.0 Å². The van der Waals surface area contributed by atoms with Gasteiger partial charge in [0.05, 0.1) is 16.0 Å². The van der Waals surface area contributed by atoms with Gasteiger partial charge in [-0.3, -0.25) is 14.7 Å². The highest BCUT2D eigenvalue weighted by molar-refractivity contribution is 7.98. The Morgan fingerprint density at radius 3 is 2.67 bits per heavy atom. The van der Waals surface area contributed by atoms with E-state index in [0.717, 1.165) is 19.3 Å². The van der Waals surface area contributed by atoms with Crippen LogP contribution in [-0.4, -0.2) is 83.2 Å². The number of hydrogen-bond donors (Lipinski definition) is 6. The number of anilines is 2. The quantitative estimate of drug-likeness (QED) is 0.143. The van der Waals surface area contributed by atoms with Crippen molar-refractivity contribution < 1.29 is 28.7 Å². The van der Waals surface area contributed by atoms with Gasteiger partial charge in [0.25, 0.3) is 5.91 Å². The molecule has 0 spiro atoms. The number of ether oxygens (including phenoxy) is 1. The van der Waals surface area contributed by atoms with Gasteiger partial charge in [0.2, 0.25) is 0 Å². The Morgan fingerprint density at radius 2 is 1.93 bits per heavy atom. The molecule has 1 aliphatic heterocycles. The molecule has 3 aromatic rings. The average molecular weight is 575 g/mol. The molecule has 6 N–H and O–H groups in total. The lowest BCUT2D eigenvalue weighted by molar-refractivity contribution is -0.137. The fraction of sp³-hybridized carbons (Fsp3) is 0.440. The van der Waals surface area contributed by atoms with Crippen LogP contribution in [0.5, 0.6) is 0 Å². The molecule has 0 radical (unpaired) electrons. The molecule has 2 aromatic heterocycles. The van der Waals surface area contributed by atoms with Gasteiger partial charge >= 0.3 is 6.03 Å². The van der Waals surface area contributed by atoms with E-state index in [0.29, 0.717) is 23.7 Å². The first-order chi connectivity index (χ1) is 19.2. The summed E-state index contributed by atoms with van der Waals surface area (Å²) < 4.78 is 23.0. The number of aliphatic hydroxyl groups is 2. The summed E-state index contributed by atoms with van der Waals surface area (Å²) in [5.41, 5.74) is 0.784. The number of amides is 3. The Bertz CT molecular complexity index is 1460. The number of fused-ring (bicyclic) bond motifs is 1. The van der Waals surface area contributed by atoms with Crippen LogP contribution in [0.2, 0.25) is 0 Å². The summed E-state index contributed by atoms with van der Waals surface area (Å²) in [6.45, 7) is 4.71. The van der Waals surface area contributed by atoms with Crippen molar-refractivity contribution in [1.82, 2.24) is 29.6 Å². The first-order valence-corrected chi connectivity index (χ1v) is 14.7. The largest absolute Gasteiger partial charge is 0.387 e. The zero-order valence-corrected chi connectivity index (χ0v) is 23.1. The van der Waals surface area contributed by atoms with Crippen molar-refractivity contribution in [2.75, 3.05) is 23.7 Å². The van der Waals surface area contributed by atoms with E-state index in [4.69, 9.17) is 4.74 Å². The summed E-state index contributed by atoms with van der Waals surface area (Å²) in [7, 11) is -2.74. The molecule has 5 atom stereocenters. The molecule has 1 saturated heterocycles. The predicted octanol–water partition coefficient (Wildman–Crippen LogP) is 0.996. The van der Waals surface area contributed by atoms with Gasteiger partial charge < -0.3 is 25.6 Å². The third kappa shape index (κ3) is 6.39. The number of benzene rings is 1. The lowest BCUT2D eigenvalue weighted by Crippen LogP contribution is -2.42. The number of aromatic nitrogens is 4. The Kier molecular flexibility index (Phi) is 9.32. The van der Waals surface area contributed by atoms with Gasteiger partial charge in [0.1, 0.15) is 18.5 Å². The van der Waals surface area contributed by atoms with Crippen LogP contribution in [0.25, 0.3) is 11.2 Å². The van der Waals surface area contributed by atoms with Crippen LogP contribution < -0.4 is 20.7 Å². The number of hydrogen-bond acceptors (Lipinski definition) is 9. The summed E-state index contributed by atoms with van der Waals surface area (Å²) in [5, 5.41) is 28.7. The van der Waals surface area contributed by atoms with Gasteiger partial charge in [-0.25, -0.2) is 28.7 Å². The summed E-state index contributed by atoms with van der Waals surface area (Å²) in [5.74, 6) is 3.34. The molecule has 3 unspecified atom stereocenters. The standard InChI is InChI=1S/C25H34N8O6S/c1-4-6-7-11-30-40(3,38)16-10-8-9-15(12-16)31-25(37)32-21-17-22(28-13-27-21)33(14-29-17)24-19(35)18(34)20(39-24)23(36)26-5-2/h8-10,12-14,18-20,24,34-35H,3-7,11H2,1-2H3,(H,26,36)(H,30,38)(H2,27,28,31,32,37)/t18?,19?,20-,24+,40?/m0/s1. The van der Waals surface area contributed by atoms with Gasteiger partial charge in [0, 0.05) is 23.7 Å². The average Bonchev–Trinajstić information content (AvgIpc) is 3.48. The van der Waals surface area contributed by atoms with E-state index in [-0.39, 0.29) is 17.0 Å². The van der Waals surface area contributed by atoms with E-state index in [1.54, 1.807) is 31.2 Å². The fourth-order valence-electron chi connectivity index (χ4n) is 4.25. The van der Waals surface area contributed by atoms with Gasteiger partial charge in [0.15, 0.2) is 29.3 Å². The first-order valence-electron chi connectivity index (χ1n) is 12.9. The maximum absolute atomic E-state index is 13.0. The zero-order valence-electron chi connectivity index (χ0n) is 22.2. The van der Waals surface area contributed by atoms with Gasteiger partial charge in [-0.05, 0) is 37.4 Å². The number of likely N-dealkylation sites (N-methyl/N-ethyl adjacent to an activating group) is 1. The topological polar surface area (TPSA) is 193 Å². The molecule has 4 rings (SSSR count).